The summed E-state index contributed by atoms with van der Waals surface area (Å²) in [5, 5.41) is 0. The normalized spacial score (nSPS) is 17.1. The predicted molar refractivity (Wildman–Crippen MR) is 118 cm³/mol. The van der Waals surface area contributed by atoms with Gasteiger partial charge in [0, 0.05) is 25.6 Å². The van der Waals surface area contributed by atoms with Crippen molar-refractivity contribution >= 4 is 37.5 Å². The largest absolute Gasteiger partial charge is 0.313 e. The van der Waals surface area contributed by atoms with E-state index in [1.165, 1.54) is 27.5 Å². The van der Waals surface area contributed by atoms with Crippen molar-refractivity contribution in [2.24, 2.45) is 10.9 Å². The average Bonchev–Trinajstić information content (AvgIpc) is 3.02. The van der Waals surface area contributed by atoms with E-state index in [4.69, 9.17) is 0 Å². The number of amides is 1. The van der Waals surface area contributed by atoms with E-state index in [-0.39, 0.29) is 11.8 Å². The van der Waals surface area contributed by atoms with Crippen molar-refractivity contribution < 1.29 is 13.2 Å². The summed E-state index contributed by atoms with van der Waals surface area (Å²) >= 11 is 1.53. The first-order chi connectivity index (χ1) is 13.8. The van der Waals surface area contributed by atoms with Gasteiger partial charge < -0.3 is 4.57 Å². The highest BCUT2D eigenvalue weighted by molar-refractivity contribution is 7.88. The van der Waals surface area contributed by atoms with Crippen LogP contribution in [0.15, 0.2) is 35.8 Å². The lowest BCUT2D eigenvalue weighted by Crippen LogP contribution is -2.39. The van der Waals surface area contributed by atoms with Gasteiger partial charge in [0.2, 0.25) is 10.0 Å². The van der Waals surface area contributed by atoms with Crippen molar-refractivity contribution in [2.75, 3.05) is 19.3 Å². The number of piperidine rings is 1. The number of carbonyl (C=O) groups is 1. The highest BCUT2D eigenvalue weighted by Crippen LogP contribution is 2.22. The molecule has 1 aromatic carbocycles. The highest BCUT2D eigenvalue weighted by Gasteiger charge is 2.28. The maximum Gasteiger partial charge on any atom is 0.251 e. The van der Waals surface area contributed by atoms with E-state index in [1.54, 1.807) is 0 Å². The first kappa shape index (κ1) is 21.9. The number of rotatable bonds is 7. The second-order valence-electron chi connectivity index (χ2n) is 7.58. The number of nitrogens with zero attached hydrogens (tertiary/aromatic N) is 3. The number of thiazole rings is 1. The Bertz CT molecular complexity index is 1060. The maximum absolute atomic E-state index is 12.8. The first-order valence-electron chi connectivity index (χ1n) is 10.1. The minimum Gasteiger partial charge on any atom is -0.313 e. The third-order valence-corrected chi connectivity index (χ3v) is 7.70. The Labute approximate surface area is 176 Å². The number of aryl methyl sites for hydroxylation is 1. The molecule has 6 nitrogen and oxygen atoms in total. The lowest BCUT2D eigenvalue weighted by Gasteiger charge is -2.28. The Morgan fingerprint density at radius 2 is 2.07 bits per heavy atom. The van der Waals surface area contributed by atoms with Crippen LogP contribution in [0.5, 0.6) is 0 Å². The van der Waals surface area contributed by atoms with Gasteiger partial charge in [0.15, 0.2) is 4.80 Å². The lowest BCUT2D eigenvalue weighted by atomic mass is 9.98. The maximum atomic E-state index is 12.8. The van der Waals surface area contributed by atoms with E-state index >= 15 is 0 Å². The topological polar surface area (TPSA) is 71.7 Å². The number of unbranched alkanes of at least 4 members (excludes halogenated alkanes) is 1. The van der Waals surface area contributed by atoms with Gasteiger partial charge in [-0.25, -0.2) is 12.7 Å². The Morgan fingerprint density at radius 3 is 2.69 bits per heavy atom. The van der Waals surface area contributed by atoms with Crippen LogP contribution in [0.25, 0.3) is 10.2 Å². The summed E-state index contributed by atoms with van der Waals surface area (Å²) in [5.41, 5.74) is 2.37. The third kappa shape index (κ3) is 5.24. The van der Waals surface area contributed by atoms with Gasteiger partial charge in [-0.3, -0.25) is 4.79 Å². The minimum absolute atomic E-state index is 0.159. The minimum atomic E-state index is -3.20. The smallest absolute Gasteiger partial charge is 0.251 e. The molecule has 0 unspecified atom stereocenters. The number of sulfonamides is 1. The van der Waals surface area contributed by atoms with Gasteiger partial charge in [0.05, 0.1) is 16.5 Å². The molecule has 0 spiro atoms. The molecule has 1 aromatic heterocycles. The van der Waals surface area contributed by atoms with Crippen LogP contribution in [-0.4, -0.2) is 42.5 Å². The Balaban J connectivity index is 1.87. The van der Waals surface area contributed by atoms with E-state index in [2.05, 4.69) is 36.7 Å². The van der Waals surface area contributed by atoms with Gasteiger partial charge in [-0.15, -0.1) is 6.58 Å². The summed E-state index contributed by atoms with van der Waals surface area (Å²) in [6.07, 6.45) is 7.43. The number of aromatic nitrogens is 1. The zero-order chi connectivity index (χ0) is 21.0. The number of fused-ring (bicyclic) bond motifs is 1. The summed E-state index contributed by atoms with van der Waals surface area (Å²) in [4.78, 5) is 17.9. The van der Waals surface area contributed by atoms with Gasteiger partial charge in [0.1, 0.15) is 0 Å². The quantitative estimate of drug-likeness (QED) is 0.626. The van der Waals surface area contributed by atoms with E-state index in [9.17, 15) is 13.2 Å². The van der Waals surface area contributed by atoms with Gasteiger partial charge in [0.25, 0.3) is 5.91 Å². The van der Waals surface area contributed by atoms with Crippen LogP contribution in [0.3, 0.4) is 0 Å². The molecular weight excluding hydrogens is 406 g/mol. The van der Waals surface area contributed by atoms with E-state index in [0.717, 1.165) is 29.5 Å². The molecule has 0 saturated carbocycles. The van der Waals surface area contributed by atoms with Crippen molar-refractivity contribution in [2.45, 2.75) is 45.6 Å². The van der Waals surface area contributed by atoms with Crippen molar-refractivity contribution in [3.63, 3.8) is 0 Å². The fourth-order valence-corrected chi connectivity index (χ4v) is 5.65. The van der Waals surface area contributed by atoms with Gasteiger partial charge in [-0.2, -0.15) is 4.99 Å². The summed E-state index contributed by atoms with van der Waals surface area (Å²) < 4.78 is 27.9. The molecule has 8 heteroatoms. The molecule has 1 aliphatic rings. The van der Waals surface area contributed by atoms with Gasteiger partial charge in [-0.05, 0) is 43.4 Å². The predicted octanol–water partition coefficient (Wildman–Crippen LogP) is 3.33. The molecular formula is C21H29N3O3S2. The molecule has 1 aliphatic heterocycles. The summed E-state index contributed by atoms with van der Waals surface area (Å²) in [6, 6.07) is 6.45. The van der Waals surface area contributed by atoms with Crippen LogP contribution in [-0.2, 0) is 27.8 Å². The molecule has 1 fully saturated rings. The third-order valence-electron chi connectivity index (χ3n) is 5.36. The van der Waals surface area contributed by atoms with Gasteiger partial charge in [-0.1, -0.05) is 36.8 Å². The molecule has 0 aliphatic carbocycles. The number of benzene rings is 1. The highest BCUT2D eigenvalue weighted by atomic mass is 32.2. The van der Waals surface area contributed by atoms with Crippen LogP contribution in [0.2, 0.25) is 0 Å². The van der Waals surface area contributed by atoms with Crippen molar-refractivity contribution in [1.82, 2.24) is 8.87 Å². The second-order valence-corrected chi connectivity index (χ2v) is 10.6. The molecule has 0 radical (unpaired) electrons. The second kappa shape index (κ2) is 9.36. The van der Waals surface area contributed by atoms with Crippen LogP contribution in [0.4, 0.5) is 0 Å². The van der Waals surface area contributed by atoms with E-state index < -0.39 is 10.0 Å². The molecule has 1 amide bonds. The number of hydrogen-bond acceptors (Lipinski definition) is 4. The molecule has 0 bridgehead atoms. The number of allylic oxidation sites excluding steroid dienone is 1. The molecule has 1 saturated heterocycles. The average molecular weight is 436 g/mol. The SMILES string of the molecule is C=CCn1c(=NC(=O)C2CCN(S(C)(=O)=O)CC2)sc2cc(CCCC)ccc21. The molecule has 2 aromatic rings. The van der Waals surface area contributed by atoms with Gasteiger partial charge >= 0.3 is 0 Å². The Hall–Kier alpha value is -1.77. The monoisotopic (exact) mass is 435 g/mol. The molecule has 2 heterocycles. The molecule has 3 rings (SSSR count). The zero-order valence-corrected chi connectivity index (χ0v) is 18.8. The Kier molecular flexibility index (Phi) is 7.08. The van der Waals surface area contributed by atoms with Crippen molar-refractivity contribution in [1.29, 1.82) is 0 Å². The first-order valence-corrected chi connectivity index (χ1v) is 12.8. The van der Waals surface area contributed by atoms with E-state index in [1.807, 2.05) is 10.6 Å². The van der Waals surface area contributed by atoms with Crippen molar-refractivity contribution in [3.8, 4) is 0 Å². The van der Waals surface area contributed by atoms with Crippen LogP contribution < -0.4 is 4.80 Å². The van der Waals surface area contributed by atoms with Crippen LogP contribution in [0.1, 0.15) is 38.2 Å². The standard InChI is InChI=1S/C21H29N3O3S2/c1-4-6-7-16-8-9-18-19(15-16)28-21(24(18)12-5-2)22-20(25)17-10-13-23(14-11-17)29(3,26)27/h5,8-9,15,17H,2,4,6-7,10-14H2,1,3H3. The molecule has 158 valence electrons. The van der Waals surface area contributed by atoms with Crippen molar-refractivity contribution in [3.05, 3.63) is 41.2 Å². The molecule has 29 heavy (non-hydrogen) atoms. The fourth-order valence-electron chi connectivity index (χ4n) is 3.66. The number of hydrogen-bond donors (Lipinski definition) is 0. The summed E-state index contributed by atoms with van der Waals surface area (Å²) in [5.74, 6) is -0.385. The van der Waals surface area contributed by atoms with Crippen LogP contribution >= 0.6 is 11.3 Å². The number of carbonyl (C=O) groups excluding carboxylic acids is 1. The zero-order valence-electron chi connectivity index (χ0n) is 17.1. The fraction of sp³-hybridized carbons (Fsp3) is 0.524. The van der Waals surface area contributed by atoms with Crippen LogP contribution in [0, 0.1) is 5.92 Å². The summed E-state index contributed by atoms with van der Waals surface area (Å²) in [6.45, 7) is 7.37. The van der Waals surface area contributed by atoms with E-state index in [0.29, 0.717) is 37.3 Å². The lowest BCUT2D eigenvalue weighted by molar-refractivity contribution is -0.122. The summed E-state index contributed by atoms with van der Waals surface area (Å²) in [7, 11) is -3.20. The molecule has 0 atom stereocenters. The Morgan fingerprint density at radius 1 is 1.34 bits per heavy atom. The molecule has 0 N–H and O–H groups in total.